The first kappa shape index (κ1) is 26.1. The van der Waals surface area contributed by atoms with Crippen LogP contribution in [0.3, 0.4) is 0 Å². The van der Waals surface area contributed by atoms with E-state index in [1.165, 1.54) is 0 Å². The molecule has 34 heavy (non-hydrogen) atoms. The predicted molar refractivity (Wildman–Crippen MR) is 130 cm³/mol. The molecule has 2 aromatic rings. The molecular formula is C25H38N4O5. The summed E-state index contributed by atoms with van der Waals surface area (Å²) in [5.74, 6) is 0.268. The van der Waals surface area contributed by atoms with E-state index in [-0.39, 0.29) is 18.8 Å². The second-order valence-corrected chi connectivity index (χ2v) is 9.90. The molecule has 9 nitrogen and oxygen atoms in total. The zero-order valence-corrected chi connectivity index (χ0v) is 21.3. The van der Waals surface area contributed by atoms with Gasteiger partial charge in [-0.1, -0.05) is 6.08 Å². The van der Waals surface area contributed by atoms with Gasteiger partial charge in [0.25, 0.3) is 0 Å². The highest BCUT2D eigenvalue weighted by atomic mass is 16.6. The quantitative estimate of drug-likeness (QED) is 0.436. The fraction of sp³-hybridized carbons (Fsp3) is 0.640. The number of esters is 1. The maximum absolute atomic E-state index is 13.1. The lowest BCUT2D eigenvalue weighted by Crippen LogP contribution is -2.45. The van der Waals surface area contributed by atoms with Gasteiger partial charge >= 0.3 is 5.97 Å². The number of ether oxygens (including phenoxy) is 3. The Kier molecular flexibility index (Phi) is 8.00. The lowest BCUT2D eigenvalue weighted by atomic mass is 9.92. The van der Waals surface area contributed by atoms with Crippen LogP contribution in [0.25, 0.3) is 5.65 Å². The van der Waals surface area contributed by atoms with Gasteiger partial charge in [-0.15, -0.1) is 6.58 Å². The molecule has 2 aromatic heterocycles. The van der Waals surface area contributed by atoms with Crippen LogP contribution in [0.5, 0.6) is 0 Å². The van der Waals surface area contributed by atoms with Crippen molar-refractivity contribution in [2.45, 2.75) is 78.3 Å². The van der Waals surface area contributed by atoms with Crippen LogP contribution < -0.4 is 4.90 Å². The number of rotatable bonds is 9. The highest BCUT2D eigenvalue weighted by Crippen LogP contribution is 2.38. The fourth-order valence-electron chi connectivity index (χ4n) is 4.24. The van der Waals surface area contributed by atoms with Crippen molar-refractivity contribution in [2.75, 3.05) is 31.2 Å². The first-order chi connectivity index (χ1) is 16.0. The third-order valence-corrected chi connectivity index (χ3v) is 5.92. The lowest BCUT2D eigenvalue weighted by Gasteiger charge is -2.41. The van der Waals surface area contributed by atoms with Gasteiger partial charge in [0.1, 0.15) is 5.82 Å². The Morgan fingerprint density at radius 2 is 2.03 bits per heavy atom. The summed E-state index contributed by atoms with van der Waals surface area (Å²) in [6, 6.07) is 1.76. The van der Waals surface area contributed by atoms with Gasteiger partial charge in [0.2, 0.25) is 0 Å². The van der Waals surface area contributed by atoms with Crippen molar-refractivity contribution in [3.63, 3.8) is 0 Å². The van der Waals surface area contributed by atoms with Gasteiger partial charge < -0.3 is 24.2 Å². The van der Waals surface area contributed by atoms with Crippen LogP contribution in [0.2, 0.25) is 0 Å². The summed E-state index contributed by atoms with van der Waals surface area (Å²) in [7, 11) is 0. The molecule has 1 unspecified atom stereocenters. The van der Waals surface area contributed by atoms with Crippen LogP contribution in [-0.2, 0) is 25.6 Å². The van der Waals surface area contributed by atoms with E-state index >= 15 is 0 Å². The van der Waals surface area contributed by atoms with Gasteiger partial charge in [-0.3, -0.25) is 0 Å². The van der Waals surface area contributed by atoms with Crippen molar-refractivity contribution in [3.05, 3.63) is 35.7 Å². The zero-order valence-electron chi connectivity index (χ0n) is 21.3. The Bertz CT molecular complexity index is 1020. The van der Waals surface area contributed by atoms with Crippen LogP contribution in [0.4, 0.5) is 5.82 Å². The van der Waals surface area contributed by atoms with E-state index < -0.39 is 17.7 Å². The summed E-state index contributed by atoms with van der Waals surface area (Å²) in [6.07, 6.45) is 2.38. The summed E-state index contributed by atoms with van der Waals surface area (Å²) in [4.78, 5) is 20.0. The Hall–Kier alpha value is -2.49. The topological polar surface area (TPSA) is 98.4 Å². The standard InChI is InChI=1S/C25H38N4O5/c1-8-14-33-25(7)10-12-28(13-11-25)22-20(21(23(31)32-9-2)34-24(4,5)6)17(3)26-19-15-18(16-30)27-29(19)22/h8,15,21,30H,1,9-14,16H2,2-7H3. The number of carbonyl (C=O) groups is 1. The van der Waals surface area contributed by atoms with Crippen LogP contribution in [0.1, 0.15) is 70.5 Å². The van der Waals surface area contributed by atoms with E-state index in [0.717, 1.165) is 18.7 Å². The molecule has 1 N–H and O–H groups in total. The minimum absolute atomic E-state index is 0.204. The van der Waals surface area contributed by atoms with Gasteiger partial charge in [-0.05, 0) is 54.4 Å². The number of aliphatic hydroxyl groups excluding tert-OH is 1. The van der Waals surface area contributed by atoms with Crippen LogP contribution >= 0.6 is 0 Å². The Labute approximate surface area is 201 Å². The molecule has 3 rings (SSSR count). The van der Waals surface area contributed by atoms with E-state index in [1.807, 2.05) is 27.7 Å². The van der Waals surface area contributed by atoms with E-state index in [2.05, 4.69) is 23.5 Å². The van der Waals surface area contributed by atoms with Crippen molar-refractivity contribution in [1.29, 1.82) is 0 Å². The minimum Gasteiger partial charge on any atom is -0.464 e. The van der Waals surface area contributed by atoms with Crippen LogP contribution in [0.15, 0.2) is 18.7 Å². The smallest absolute Gasteiger partial charge is 0.340 e. The molecule has 1 fully saturated rings. The average Bonchev–Trinajstić information content (AvgIpc) is 3.18. The largest absolute Gasteiger partial charge is 0.464 e. The molecule has 9 heteroatoms. The highest BCUT2D eigenvalue weighted by Gasteiger charge is 2.38. The Balaban J connectivity index is 2.14. The molecule has 3 heterocycles. The molecule has 0 amide bonds. The molecule has 0 aromatic carbocycles. The van der Waals surface area contributed by atoms with Gasteiger partial charge in [-0.25, -0.2) is 9.78 Å². The van der Waals surface area contributed by atoms with E-state index in [4.69, 9.17) is 19.2 Å². The predicted octanol–water partition coefficient (Wildman–Crippen LogP) is 3.51. The molecule has 188 valence electrons. The number of aromatic nitrogens is 3. The summed E-state index contributed by atoms with van der Waals surface area (Å²) >= 11 is 0. The van der Waals surface area contributed by atoms with Gasteiger partial charge in [0.15, 0.2) is 11.8 Å². The van der Waals surface area contributed by atoms with Crippen LogP contribution in [-0.4, -0.2) is 63.2 Å². The summed E-state index contributed by atoms with van der Waals surface area (Å²) < 4.78 is 19.4. The first-order valence-corrected chi connectivity index (χ1v) is 11.9. The Morgan fingerprint density at radius 1 is 1.35 bits per heavy atom. The number of carbonyl (C=O) groups excluding carboxylic acids is 1. The number of hydrogen-bond acceptors (Lipinski definition) is 8. The van der Waals surface area contributed by atoms with Gasteiger partial charge in [0, 0.05) is 24.8 Å². The van der Waals surface area contributed by atoms with Crippen molar-refractivity contribution >= 4 is 17.4 Å². The molecule has 0 aliphatic carbocycles. The number of nitrogens with zero attached hydrogens (tertiary/aromatic N) is 4. The minimum atomic E-state index is -0.973. The maximum atomic E-state index is 13.1. The molecule has 0 spiro atoms. The molecule has 0 radical (unpaired) electrons. The van der Waals surface area contributed by atoms with E-state index in [1.54, 1.807) is 23.6 Å². The summed E-state index contributed by atoms with van der Waals surface area (Å²) in [5, 5.41) is 14.3. The number of piperidine rings is 1. The third-order valence-electron chi connectivity index (χ3n) is 5.92. The normalized spacial score (nSPS) is 17.1. The van der Waals surface area contributed by atoms with E-state index in [9.17, 15) is 9.90 Å². The molecule has 0 saturated carbocycles. The molecule has 1 atom stereocenters. The average molecular weight is 475 g/mol. The Morgan fingerprint density at radius 3 is 2.59 bits per heavy atom. The lowest BCUT2D eigenvalue weighted by molar-refractivity contribution is -0.166. The van der Waals surface area contributed by atoms with Crippen LogP contribution in [0, 0.1) is 6.92 Å². The van der Waals surface area contributed by atoms with Crippen molar-refractivity contribution in [1.82, 2.24) is 14.6 Å². The van der Waals surface area contributed by atoms with Crippen molar-refractivity contribution in [3.8, 4) is 0 Å². The number of aliphatic hydroxyl groups is 1. The highest BCUT2D eigenvalue weighted by molar-refractivity contribution is 5.80. The first-order valence-electron chi connectivity index (χ1n) is 11.9. The van der Waals surface area contributed by atoms with Gasteiger partial charge in [-0.2, -0.15) is 9.61 Å². The van der Waals surface area contributed by atoms with E-state index in [0.29, 0.717) is 42.3 Å². The monoisotopic (exact) mass is 474 g/mol. The molecule has 1 aliphatic rings. The number of aryl methyl sites for hydroxylation is 1. The summed E-state index contributed by atoms with van der Waals surface area (Å²) in [5.41, 5.74) is 1.54. The molecule has 1 aliphatic heterocycles. The zero-order chi connectivity index (χ0) is 25.1. The maximum Gasteiger partial charge on any atom is 0.340 e. The number of fused-ring (bicyclic) bond motifs is 1. The van der Waals surface area contributed by atoms with Crippen molar-refractivity contribution < 1.29 is 24.1 Å². The molecule has 1 saturated heterocycles. The second kappa shape index (κ2) is 10.4. The molecular weight excluding hydrogens is 436 g/mol. The van der Waals surface area contributed by atoms with Crippen molar-refractivity contribution in [2.24, 2.45) is 0 Å². The SMILES string of the molecule is C=CCOC1(C)CCN(c2c(C(OC(C)(C)C)C(=O)OCC)c(C)nc3cc(CO)nn23)CC1. The third kappa shape index (κ3) is 5.76. The fourth-order valence-corrected chi connectivity index (χ4v) is 4.24. The second-order valence-electron chi connectivity index (χ2n) is 9.90. The summed E-state index contributed by atoms with van der Waals surface area (Å²) in [6.45, 7) is 17.1. The number of anilines is 1. The number of hydrogen-bond donors (Lipinski definition) is 1. The molecule has 0 bridgehead atoms. The van der Waals surface area contributed by atoms with Gasteiger partial charge in [0.05, 0.1) is 42.3 Å².